The van der Waals surface area contributed by atoms with Crippen molar-refractivity contribution in [3.63, 3.8) is 0 Å². The summed E-state index contributed by atoms with van der Waals surface area (Å²) in [4.78, 5) is 16.9. The van der Waals surface area contributed by atoms with Gasteiger partial charge in [-0.3, -0.25) is 4.79 Å². The van der Waals surface area contributed by atoms with E-state index in [2.05, 4.69) is 15.0 Å². The molecule has 1 aromatic carbocycles. The Morgan fingerprint density at radius 3 is 2.57 bits per heavy atom. The van der Waals surface area contributed by atoms with Crippen LogP contribution in [0.2, 0.25) is 0 Å². The number of nitrogens with one attached hydrogen (secondary N) is 2. The molecule has 0 aliphatic rings. The van der Waals surface area contributed by atoms with Gasteiger partial charge in [0, 0.05) is 24.0 Å². The molecule has 1 amide bonds. The lowest BCUT2D eigenvalue weighted by molar-refractivity contribution is -0.116. The molecule has 0 bridgehead atoms. The van der Waals surface area contributed by atoms with Crippen LogP contribution in [0.4, 0.5) is 5.13 Å². The molecule has 23 heavy (non-hydrogen) atoms. The Morgan fingerprint density at radius 1 is 1.30 bits per heavy atom. The molecule has 7 nitrogen and oxygen atoms in total. The van der Waals surface area contributed by atoms with Gasteiger partial charge in [0.2, 0.25) is 15.9 Å². The highest BCUT2D eigenvalue weighted by atomic mass is 32.2. The zero-order valence-corrected chi connectivity index (χ0v) is 14.3. The first-order valence-corrected chi connectivity index (χ1v) is 9.06. The van der Waals surface area contributed by atoms with Crippen molar-refractivity contribution in [1.29, 1.82) is 0 Å². The second kappa shape index (κ2) is 7.53. The maximum absolute atomic E-state index is 12.1. The second-order valence-corrected chi connectivity index (χ2v) is 7.65. The van der Waals surface area contributed by atoms with Crippen molar-refractivity contribution in [2.75, 3.05) is 19.0 Å². The lowest BCUT2D eigenvalue weighted by Crippen LogP contribution is -2.27. The molecule has 0 fully saturated rings. The van der Waals surface area contributed by atoms with Crippen LogP contribution < -0.4 is 14.8 Å². The monoisotopic (exact) mass is 355 g/mol. The molecule has 0 saturated heterocycles. The number of aromatic nitrogens is 1. The number of rotatable bonds is 7. The van der Waals surface area contributed by atoms with E-state index in [1.165, 1.54) is 30.6 Å². The van der Waals surface area contributed by atoms with Crippen molar-refractivity contribution in [2.45, 2.75) is 18.2 Å². The Balaban J connectivity index is 1.85. The maximum Gasteiger partial charge on any atom is 0.240 e. The van der Waals surface area contributed by atoms with Crippen molar-refractivity contribution >= 4 is 32.4 Å². The number of carbonyl (C=O) groups excluding carboxylic acids is 1. The molecule has 0 atom stereocenters. The Bertz CT molecular complexity index is 770. The van der Waals surface area contributed by atoms with Gasteiger partial charge in [-0.2, -0.15) is 0 Å². The zero-order valence-electron chi connectivity index (χ0n) is 12.7. The molecule has 2 N–H and O–H groups in total. The topological polar surface area (TPSA) is 97.4 Å². The number of carbonyl (C=O) groups is 1. The molecule has 2 aromatic rings. The van der Waals surface area contributed by atoms with Crippen LogP contribution in [-0.4, -0.2) is 33.0 Å². The van der Waals surface area contributed by atoms with Crippen LogP contribution in [0.3, 0.4) is 0 Å². The lowest BCUT2D eigenvalue weighted by Gasteiger charge is -2.07. The highest BCUT2D eigenvalue weighted by Crippen LogP contribution is 2.17. The molecule has 1 heterocycles. The fourth-order valence-corrected chi connectivity index (χ4v) is 3.44. The molecule has 0 radical (unpaired) electrons. The second-order valence-electron chi connectivity index (χ2n) is 4.65. The maximum atomic E-state index is 12.1. The smallest absolute Gasteiger partial charge is 0.240 e. The van der Waals surface area contributed by atoms with Crippen LogP contribution in [0, 0.1) is 6.92 Å². The Hall–Kier alpha value is -1.97. The van der Waals surface area contributed by atoms with Gasteiger partial charge in [-0.15, -0.1) is 11.3 Å². The van der Waals surface area contributed by atoms with Crippen LogP contribution in [0.1, 0.15) is 11.3 Å². The van der Waals surface area contributed by atoms with Gasteiger partial charge in [-0.1, -0.05) is 0 Å². The third kappa shape index (κ3) is 5.02. The first-order chi connectivity index (χ1) is 10.9. The number of sulfonamides is 1. The number of anilines is 1. The Morgan fingerprint density at radius 2 is 2.00 bits per heavy atom. The highest BCUT2D eigenvalue weighted by molar-refractivity contribution is 7.89. The molecular weight excluding hydrogens is 338 g/mol. The first kappa shape index (κ1) is 17.4. The van der Waals surface area contributed by atoms with Gasteiger partial charge in [0.05, 0.1) is 12.0 Å². The predicted molar refractivity (Wildman–Crippen MR) is 88.3 cm³/mol. The van der Waals surface area contributed by atoms with E-state index in [0.29, 0.717) is 10.9 Å². The molecule has 0 saturated carbocycles. The standard InChI is InChI=1S/C14H17N3O4S2/c1-10-9-15-14(22-10)17-13(18)7-8-16-23(19,20)12-5-3-11(21-2)4-6-12/h3-6,9,16H,7-8H2,1-2H3,(H,15,17,18). The zero-order chi connectivity index (χ0) is 16.9. The Labute approximate surface area is 138 Å². The van der Waals surface area contributed by atoms with Crippen molar-refractivity contribution in [3.8, 4) is 5.75 Å². The van der Waals surface area contributed by atoms with E-state index in [0.717, 1.165) is 4.88 Å². The summed E-state index contributed by atoms with van der Waals surface area (Å²) in [6.07, 6.45) is 1.68. The molecule has 0 spiro atoms. The van der Waals surface area contributed by atoms with Crippen molar-refractivity contribution in [3.05, 3.63) is 35.3 Å². The number of nitrogens with zero attached hydrogens (tertiary/aromatic N) is 1. The number of hydrogen-bond donors (Lipinski definition) is 2. The number of methoxy groups -OCH3 is 1. The van der Waals surface area contributed by atoms with E-state index in [9.17, 15) is 13.2 Å². The predicted octanol–water partition coefficient (Wildman–Crippen LogP) is 1.77. The first-order valence-electron chi connectivity index (χ1n) is 6.77. The summed E-state index contributed by atoms with van der Waals surface area (Å²) < 4.78 is 31.5. The van der Waals surface area contributed by atoms with E-state index in [1.807, 2.05) is 6.92 Å². The van der Waals surface area contributed by atoms with E-state index in [1.54, 1.807) is 18.3 Å². The van der Waals surface area contributed by atoms with Gasteiger partial charge in [-0.25, -0.2) is 18.1 Å². The summed E-state index contributed by atoms with van der Waals surface area (Å²) in [7, 11) is -2.14. The number of thiazole rings is 1. The van der Waals surface area contributed by atoms with E-state index >= 15 is 0 Å². The summed E-state index contributed by atoms with van der Waals surface area (Å²) in [6.45, 7) is 1.89. The Kier molecular flexibility index (Phi) is 5.69. The third-order valence-corrected chi connectivity index (χ3v) is 5.19. The number of benzene rings is 1. The van der Waals surface area contributed by atoms with Gasteiger partial charge >= 0.3 is 0 Å². The number of aryl methyl sites for hydroxylation is 1. The van der Waals surface area contributed by atoms with Crippen LogP contribution in [-0.2, 0) is 14.8 Å². The summed E-state index contributed by atoms with van der Waals surface area (Å²) in [5.74, 6) is 0.277. The quantitative estimate of drug-likeness (QED) is 0.789. The largest absolute Gasteiger partial charge is 0.497 e. The third-order valence-electron chi connectivity index (χ3n) is 2.88. The summed E-state index contributed by atoms with van der Waals surface area (Å²) >= 11 is 1.36. The van der Waals surface area contributed by atoms with E-state index in [4.69, 9.17) is 4.74 Å². The minimum Gasteiger partial charge on any atom is -0.497 e. The molecule has 0 unspecified atom stereocenters. The van der Waals surface area contributed by atoms with Crippen LogP contribution >= 0.6 is 11.3 Å². The molecule has 1 aromatic heterocycles. The fourth-order valence-electron chi connectivity index (χ4n) is 1.73. The number of amides is 1. The molecule has 0 aliphatic carbocycles. The minimum atomic E-state index is -3.65. The van der Waals surface area contributed by atoms with Crippen LogP contribution in [0.5, 0.6) is 5.75 Å². The van der Waals surface area contributed by atoms with Crippen LogP contribution in [0.15, 0.2) is 35.4 Å². The summed E-state index contributed by atoms with van der Waals surface area (Å²) in [5.41, 5.74) is 0. The van der Waals surface area contributed by atoms with Gasteiger partial charge in [0.25, 0.3) is 0 Å². The van der Waals surface area contributed by atoms with Crippen molar-refractivity contribution < 1.29 is 17.9 Å². The van der Waals surface area contributed by atoms with Crippen molar-refractivity contribution in [1.82, 2.24) is 9.71 Å². The normalized spacial score (nSPS) is 11.2. The van der Waals surface area contributed by atoms with Crippen LogP contribution in [0.25, 0.3) is 0 Å². The molecule has 2 rings (SSSR count). The fraction of sp³-hybridized carbons (Fsp3) is 0.286. The van der Waals surface area contributed by atoms with Gasteiger partial charge < -0.3 is 10.1 Å². The number of ether oxygens (including phenoxy) is 1. The average Bonchev–Trinajstić information content (AvgIpc) is 2.92. The van der Waals surface area contributed by atoms with E-state index in [-0.39, 0.29) is 23.8 Å². The summed E-state index contributed by atoms with van der Waals surface area (Å²) in [5, 5.41) is 3.13. The van der Waals surface area contributed by atoms with E-state index < -0.39 is 10.0 Å². The SMILES string of the molecule is COc1ccc(S(=O)(=O)NCCC(=O)Nc2ncc(C)s2)cc1. The number of hydrogen-bond acceptors (Lipinski definition) is 6. The lowest BCUT2D eigenvalue weighted by atomic mass is 10.3. The summed E-state index contributed by atoms with van der Waals surface area (Å²) in [6, 6.07) is 6.01. The van der Waals surface area contributed by atoms with Gasteiger partial charge in [0.15, 0.2) is 5.13 Å². The molecule has 0 aliphatic heterocycles. The average molecular weight is 355 g/mol. The highest BCUT2D eigenvalue weighted by Gasteiger charge is 2.14. The molecular formula is C14H17N3O4S2. The van der Waals surface area contributed by atoms with Gasteiger partial charge in [-0.05, 0) is 31.2 Å². The molecule has 9 heteroatoms. The van der Waals surface area contributed by atoms with Crippen molar-refractivity contribution in [2.24, 2.45) is 0 Å². The minimum absolute atomic E-state index is 0.00452. The molecule has 124 valence electrons. The van der Waals surface area contributed by atoms with Gasteiger partial charge in [0.1, 0.15) is 5.75 Å².